The molecule has 2 N–H and O–H groups in total. The number of hydrogen-bond donors (Lipinski definition) is 2. The average molecular weight is 404 g/mol. The number of aromatic nitrogens is 2. The number of aryl methyl sites for hydroxylation is 1. The van der Waals surface area contributed by atoms with Crippen LogP contribution in [0.25, 0.3) is 0 Å². The third-order valence-corrected chi connectivity index (χ3v) is 5.27. The van der Waals surface area contributed by atoms with E-state index in [0.717, 1.165) is 12.1 Å². The Morgan fingerprint density at radius 3 is 2.79 bits per heavy atom. The SMILES string of the molecule is CN=C(NCCCNC(=O)c1cccs1)N1CCN(c2cnn(C)c2)C(=O)C1. The van der Waals surface area contributed by atoms with Crippen LogP contribution in [-0.4, -0.2) is 72.2 Å². The van der Waals surface area contributed by atoms with Gasteiger partial charge in [-0.2, -0.15) is 5.10 Å². The molecule has 2 aromatic heterocycles. The van der Waals surface area contributed by atoms with Crippen molar-refractivity contribution < 1.29 is 9.59 Å². The lowest BCUT2D eigenvalue weighted by Crippen LogP contribution is -2.55. The van der Waals surface area contributed by atoms with Crippen LogP contribution in [0.2, 0.25) is 0 Å². The van der Waals surface area contributed by atoms with Crippen LogP contribution in [0.4, 0.5) is 5.69 Å². The van der Waals surface area contributed by atoms with E-state index in [9.17, 15) is 9.59 Å². The van der Waals surface area contributed by atoms with Crippen molar-refractivity contribution in [1.29, 1.82) is 0 Å². The normalized spacial score (nSPS) is 15.1. The Labute approximate surface area is 168 Å². The first-order valence-electron chi connectivity index (χ1n) is 9.15. The van der Waals surface area contributed by atoms with Gasteiger partial charge in [-0.15, -0.1) is 11.3 Å². The minimum atomic E-state index is -0.0449. The van der Waals surface area contributed by atoms with Gasteiger partial charge in [0.2, 0.25) is 5.91 Å². The first-order chi connectivity index (χ1) is 13.6. The molecular formula is C18H25N7O2S. The van der Waals surface area contributed by atoms with Gasteiger partial charge in [-0.25, -0.2) is 0 Å². The van der Waals surface area contributed by atoms with Gasteiger partial charge in [0.15, 0.2) is 5.96 Å². The Hall–Kier alpha value is -2.88. The molecule has 28 heavy (non-hydrogen) atoms. The quantitative estimate of drug-likeness (QED) is 0.417. The summed E-state index contributed by atoms with van der Waals surface area (Å²) in [6.07, 6.45) is 4.30. The van der Waals surface area contributed by atoms with Crippen molar-refractivity contribution in [2.75, 3.05) is 44.7 Å². The van der Waals surface area contributed by atoms with Gasteiger partial charge in [0.05, 0.1) is 16.8 Å². The number of guanidine groups is 1. The number of carbonyl (C=O) groups excluding carboxylic acids is 2. The van der Waals surface area contributed by atoms with E-state index in [1.165, 1.54) is 11.3 Å². The van der Waals surface area contributed by atoms with Crippen LogP contribution in [0.3, 0.4) is 0 Å². The highest BCUT2D eigenvalue weighted by atomic mass is 32.1. The van der Waals surface area contributed by atoms with Crippen LogP contribution in [0, 0.1) is 0 Å². The molecule has 3 rings (SSSR count). The van der Waals surface area contributed by atoms with Crippen molar-refractivity contribution in [1.82, 2.24) is 25.3 Å². The first-order valence-corrected chi connectivity index (χ1v) is 10.0. The van der Waals surface area contributed by atoms with Gasteiger partial charge in [0.1, 0.15) is 6.54 Å². The van der Waals surface area contributed by atoms with E-state index < -0.39 is 0 Å². The third kappa shape index (κ3) is 4.89. The summed E-state index contributed by atoms with van der Waals surface area (Å²) < 4.78 is 1.69. The van der Waals surface area contributed by atoms with Gasteiger partial charge in [0, 0.05) is 46.5 Å². The summed E-state index contributed by atoms with van der Waals surface area (Å²) in [6.45, 7) is 2.78. The second-order valence-corrected chi connectivity index (χ2v) is 7.35. The predicted molar refractivity (Wildman–Crippen MR) is 110 cm³/mol. The molecule has 0 aliphatic carbocycles. The highest BCUT2D eigenvalue weighted by Gasteiger charge is 2.27. The topological polar surface area (TPSA) is 94.9 Å². The smallest absolute Gasteiger partial charge is 0.261 e. The van der Waals surface area contributed by atoms with Crippen molar-refractivity contribution in [2.45, 2.75) is 6.42 Å². The minimum Gasteiger partial charge on any atom is -0.356 e. The molecule has 2 aromatic rings. The summed E-state index contributed by atoms with van der Waals surface area (Å²) in [6, 6.07) is 3.67. The molecule has 0 atom stereocenters. The fraction of sp³-hybridized carbons (Fsp3) is 0.444. The van der Waals surface area contributed by atoms with Crippen molar-refractivity contribution in [2.24, 2.45) is 12.0 Å². The van der Waals surface area contributed by atoms with Crippen molar-refractivity contribution in [3.05, 3.63) is 34.8 Å². The molecule has 1 saturated heterocycles. The molecule has 0 spiro atoms. The number of nitrogens with one attached hydrogen (secondary N) is 2. The molecule has 150 valence electrons. The van der Waals surface area contributed by atoms with E-state index in [0.29, 0.717) is 37.0 Å². The average Bonchev–Trinajstić information content (AvgIpc) is 3.36. The number of nitrogens with zero attached hydrogens (tertiary/aromatic N) is 5. The van der Waals surface area contributed by atoms with E-state index in [2.05, 4.69) is 20.7 Å². The van der Waals surface area contributed by atoms with Crippen LogP contribution in [-0.2, 0) is 11.8 Å². The third-order valence-electron chi connectivity index (χ3n) is 4.40. The van der Waals surface area contributed by atoms with E-state index in [1.807, 2.05) is 35.7 Å². The molecule has 1 aliphatic rings. The lowest BCUT2D eigenvalue weighted by atomic mass is 10.3. The summed E-state index contributed by atoms with van der Waals surface area (Å²) in [4.78, 5) is 33.1. The van der Waals surface area contributed by atoms with Gasteiger partial charge in [-0.3, -0.25) is 19.3 Å². The van der Waals surface area contributed by atoms with Crippen molar-refractivity contribution >= 4 is 34.8 Å². The first kappa shape index (κ1) is 19.9. The molecule has 0 saturated carbocycles. The van der Waals surface area contributed by atoms with Crippen LogP contribution in [0.1, 0.15) is 16.1 Å². The maximum atomic E-state index is 12.5. The van der Waals surface area contributed by atoms with Crippen molar-refractivity contribution in [3.8, 4) is 0 Å². The van der Waals surface area contributed by atoms with Gasteiger partial charge in [0.25, 0.3) is 5.91 Å². The Bertz CT molecular complexity index is 831. The van der Waals surface area contributed by atoms with Gasteiger partial charge in [-0.05, 0) is 17.9 Å². The summed E-state index contributed by atoms with van der Waals surface area (Å²) in [5.41, 5.74) is 0.816. The van der Waals surface area contributed by atoms with Gasteiger partial charge >= 0.3 is 0 Å². The van der Waals surface area contributed by atoms with Crippen LogP contribution >= 0.6 is 11.3 Å². The molecule has 0 aromatic carbocycles. The molecule has 1 aliphatic heterocycles. The number of thiophene rings is 1. The zero-order valence-electron chi connectivity index (χ0n) is 16.1. The number of aliphatic imine (C=N–C) groups is 1. The Morgan fingerprint density at radius 1 is 1.32 bits per heavy atom. The van der Waals surface area contributed by atoms with Crippen molar-refractivity contribution in [3.63, 3.8) is 0 Å². The zero-order chi connectivity index (χ0) is 19.9. The number of amides is 2. The predicted octanol–water partition coefficient (Wildman–Crippen LogP) is 0.526. The van der Waals surface area contributed by atoms with E-state index in [1.54, 1.807) is 22.8 Å². The molecule has 3 heterocycles. The molecule has 0 bridgehead atoms. The van der Waals surface area contributed by atoms with E-state index in [-0.39, 0.29) is 18.4 Å². The highest BCUT2D eigenvalue weighted by Crippen LogP contribution is 2.16. The summed E-state index contributed by atoms with van der Waals surface area (Å²) >= 11 is 1.43. The van der Waals surface area contributed by atoms with Crippen LogP contribution in [0.5, 0.6) is 0 Å². The van der Waals surface area contributed by atoms with Crippen LogP contribution in [0.15, 0.2) is 34.9 Å². The number of rotatable bonds is 6. The number of carbonyl (C=O) groups is 2. The van der Waals surface area contributed by atoms with E-state index in [4.69, 9.17) is 0 Å². The monoisotopic (exact) mass is 403 g/mol. The fourth-order valence-electron chi connectivity index (χ4n) is 2.99. The van der Waals surface area contributed by atoms with Gasteiger partial charge in [-0.1, -0.05) is 6.07 Å². The summed E-state index contributed by atoms with van der Waals surface area (Å²) in [5, 5.41) is 12.2. The molecule has 9 nitrogen and oxygen atoms in total. The molecule has 0 unspecified atom stereocenters. The summed E-state index contributed by atoms with van der Waals surface area (Å²) in [5.74, 6) is 0.672. The maximum Gasteiger partial charge on any atom is 0.261 e. The van der Waals surface area contributed by atoms with Crippen LogP contribution < -0.4 is 15.5 Å². The molecule has 2 amide bonds. The molecular weight excluding hydrogens is 378 g/mol. The van der Waals surface area contributed by atoms with Gasteiger partial charge < -0.3 is 20.4 Å². The molecule has 1 fully saturated rings. The second-order valence-electron chi connectivity index (χ2n) is 6.40. The Kier molecular flexibility index (Phi) is 6.64. The molecule has 0 radical (unpaired) electrons. The maximum absolute atomic E-state index is 12.5. The largest absolute Gasteiger partial charge is 0.356 e. The highest BCUT2D eigenvalue weighted by molar-refractivity contribution is 7.12. The fourth-order valence-corrected chi connectivity index (χ4v) is 3.63. The van der Waals surface area contributed by atoms with E-state index >= 15 is 0 Å². The lowest BCUT2D eigenvalue weighted by molar-refractivity contribution is -0.120. The Balaban J connectivity index is 1.41. The number of anilines is 1. The standard InChI is InChI=1S/C18H25N7O2S/c1-19-18(21-7-4-6-20-17(27)15-5-3-10-28-15)24-8-9-25(16(26)13-24)14-11-22-23(2)12-14/h3,5,10-12H,4,6-9,13H2,1-2H3,(H,19,21)(H,20,27). The number of hydrogen-bond acceptors (Lipinski definition) is 5. The lowest BCUT2D eigenvalue weighted by Gasteiger charge is -2.35. The molecule has 10 heteroatoms. The number of piperazine rings is 1. The Morgan fingerprint density at radius 2 is 2.14 bits per heavy atom. The summed E-state index contributed by atoms with van der Waals surface area (Å²) in [7, 11) is 3.54. The zero-order valence-corrected chi connectivity index (χ0v) is 16.9. The second kappa shape index (κ2) is 9.36. The minimum absolute atomic E-state index is 0.0189.